The molecule has 3 nitrogen and oxygen atoms in total. The third kappa shape index (κ3) is 5.40. The highest BCUT2D eigenvalue weighted by atomic mass is 32.2. The molecule has 4 heteroatoms. The first-order chi connectivity index (χ1) is 13.5. The van der Waals surface area contributed by atoms with Crippen LogP contribution >= 0.6 is 11.8 Å². The van der Waals surface area contributed by atoms with Crippen molar-refractivity contribution >= 4 is 23.4 Å². The molecule has 144 valence electrons. The molecule has 3 rings (SSSR count). The predicted molar refractivity (Wildman–Crippen MR) is 117 cm³/mol. The van der Waals surface area contributed by atoms with E-state index in [4.69, 9.17) is 4.74 Å². The van der Waals surface area contributed by atoms with Gasteiger partial charge in [0.05, 0.1) is 0 Å². The van der Waals surface area contributed by atoms with Gasteiger partial charge in [-0.1, -0.05) is 42.5 Å². The fraction of sp³-hybridized carbons (Fsp3) is 0.208. The summed E-state index contributed by atoms with van der Waals surface area (Å²) in [5, 5.41) is 2.93. The standard InChI is InChI=1S/C24H25NO2S/c1-17-8-7-11-23(18(17)2)27-19(3)24(26)25-21-14-12-20(13-15-21)16-28-22-9-5-4-6-10-22/h4-15,19H,16H2,1-3H3,(H,25,26)/t19-/m1/s1. The molecule has 1 N–H and O–H groups in total. The van der Waals surface area contributed by atoms with Gasteiger partial charge in [-0.15, -0.1) is 11.8 Å². The van der Waals surface area contributed by atoms with Gasteiger partial charge >= 0.3 is 0 Å². The molecule has 0 radical (unpaired) electrons. The van der Waals surface area contributed by atoms with Gasteiger partial charge in [-0.3, -0.25) is 4.79 Å². The number of anilines is 1. The SMILES string of the molecule is Cc1cccc(O[C@H](C)C(=O)Nc2ccc(CSc3ccccc3)cc2)c1C. The largest absolute Gasteiger partial charge is 0.481 e. The number of carbonyl (C=O) groups is 1. The van der Waals surface area contributed by atoms with Crippen LogP contribution in [0.15, 0.2) is 77.7 Å². The highest BCUT2D eigenvalue weighted by Crippen LogP contribution is 2.24. The first-order valence-electron chi connectivity index (χ1n) is 9.33. The number of hydrogen-bond acceptors (Lipinski definition) is 3. The Hall–Kier alpha value is -2.72. The number of benzene rings is 3. The lowest BCUT2D eigenvalue weighted by molar-refractivity contribution is -0.122. The van der Waals surface area contributed by atoms with E-state index >= 15 is 0 Å². The van der Waals surface area contributed by atoms with E-state index in [0.29, 0.717) is 0 Å². The maximum absolute atomic E-state index is 12.5. The van der Waals surface area contributed by atoms with Crippen LogP contribution in [0.5, 0.6) is 5.75 Å². The summed E-state index contributed by atoms with van der Waals surface area (Å²) < 4.78 is 5.86. The molecule has 0 unspecified atom stereocenters. The minimum atomic E-state index is -0.575. The summed E-state index contributed by atoms with van der Waals surface area (Å²) >= 11 is 1.79. The minimum Gasteiger partial charge on any atom is -0.481 e. The summed E-state index contributed by atoms with van der Waals surface area (Å²) in [6, 6.07) is 24.1. The van der Waals surface area contributed by atoms with E-state index in [1.165, 1.54) is 10.5 Å². The Kier molecular flexibility index (Phi) is 6.77. The topological polar surface area (TPSA) is 38.3 Å². The van der Waals surface area contributed by atoms with Crippen molar-refractivity contribution < 1.29 is 9.53 Å². The first-order valence-corrected chi connectivity index (χ1v) is 10.3. The molecule has 0 aromatic heterocycles. The van der Waals surface area contributed by atoms with Crippen LogP contribution in [-0.4, -0.2) is 12.0 Å². The van der Waals surface area contributed by atoms with Crippen LogP contribution in [0, 0.1) is 13.8 Å². The zero-order valence-electron chi connectivity index (χ0n) is 16.4. The molecule has 0 aliphatic heterocycles. The van der Waals surface area contributed by atoms with Crippen molar-refractivity contribution in [3.05, 3.63) is 89.5 Å². The monoisotopic (exact) mass is 391 g/mol. The van der Waals surface area contributed by atoms with Crippen molar-refractivity contribution in [3.8, 4) is 5.75 Å². The molecule has 0 heterocycles. The smallest absolute Gasteiger partial charge is 0.265 e. The summed E-state index contributed by atoms with van der Waals surface area (Å²) in [7, 11) is 0. The van der Waals surface area contributed by atoms with E-state index in [-0.39, 0.29) is 5.91 Å². The van der Waals surface area contributed by atoms with Crippen molar-refractivity contribution in [3.63, 3.8) is 0 Å². The molecule has 0 fully saturated rings. The molecule has 0 aliphatic carbocycles. The van der Waals surface area contributed by atoms with Crippen LogP contribution in [0.1, 0.15) is 23.6 Å². The van der Waals surface area contributed by atoms with Crippen molar-refractivity contribution in [2.75, 3.05) is 5.32 Å². The Balaban J connectivity index is 1.54. The second kappa shape index (κ2) is 9.47. The van der Waals surface area contributed by atoms with Crippen molar-refractivity contribution in [1.82, 2.24) is 0 Å². The number of hydrogen-bond donors (Lipinski definition) is 1. The van der Waals surface area contributed by atoms with Gasteiger partial charge < -0.3 is 10.1 Å². The summed E-state index contributed by atoms with van der Waals surface area (Å²) in [5.74, 6) is 1.48. The van der Waals surface area contributed by atoms with Crippen LogP contribution in [0.4, 0.5) is 5.69 Å². The van der Waals surface area contributed by atoms with Gasteiger partial charge in [0.2, 0.25) is 0 Å². The molecule has 1 amide bonds. The van der Waals surface area contributed by atoms with Crippen LogP contribution in [-0.2, 0) is 10.5 Å². The summed E-state index contributed by atoms with van der Waals surface area (Å²) in [4.78, 5) is 13.7. The number of amides is 1. The predicted octanol–water partition coefficient (Wildman–Crippen LogP) is 6.00. The fourth-order valence-electron chi connectivity index (χ4n) is 2.71. The summed E-state index contributed by atoms with van der Waals surface area (Å²) in [5.41, 5.74) is 4.19. The summed E-state index contributed by atoms with van der Waals surface area (Å²) in [6.07, 6.45) is -0.575. The number of aryl methyl sites for hydroxylation is 1. The third-order valence-electron chi connectivity index (χ3n) is 4.60. The van der Waals surface area contributed by atoms with E-state index < -0.39 is 6.10 Å². The lowest BCUT2D eigenvalue weighted by Crippen LogP contribution is -2.30. The molecule has 0 spiro atoms. The second-order valence-corrected chi connectivity index (χ2v) is 7.79. The molecular weight excluding hydrogens is 366 g/mol. The number of rotatable bonds is 7. The maximum atomic E-state index is 12.5. The molecule has 28 heavy (non-hydrogen) atoms. The normalized spacial score (nSPS) is 11.7. The Labute approximate surface area is 171 Å². The van der Waals surface area contributed by atoms with Crippen LogP contribution < -0.4 is 10.1 Å². The highest BCUT2D eigenvalue weighted by Gasteiger charge is 2.16. The van der Waals surface area contributed by atoms with Gasteiger partial charge in [-0.25, -0.2) is 0 Å². The van der Waals surface area contributed by atoms with Gasteiger partial charge in [-0.2, -0.15) is 0 Å². The van der Waals surface area contributed by atoms with Crippen LogP contribution in [0.25, 0.3) is 0 Å². The number of thioether (sulfide) groups is 1. The number of nitrogens with one attached hydrogen (secondary N) is 1. The lowest BCUT2D eigenvalue weighted by Gasteiger charge is -2.17. The quantitative estimate of drug-likeness (QED) is 0.502. The molecule has 0 saturated heterocycles. The van der Waals surface area contributed by atoms with E-state index in [0.717, 1.165) is 28.3 Å². The van der Waals surface area contributed by atoms with Gasteiger partial charge in [0.25, 0.3) is 5.91 Å². The van der Waals surface area contributed by atoms with Crippen LogP contribution in [0.2, 0.25) is 0 Å². The van der Waals surface area contributed by atoms with Crippen LogP contribution in [0.3, 0.4) is 0 Å². The van der Waals surface area contributed by atoms with E-state index in [1.54, 1.807) is 18.7 Å². The third-order valence-corrected chi connectivity index (χ3v) is 5.68. The minimum absolute atomic E-state index is 0.160. The van der Waals surface area contributed by atoms with E-state index in [1.807, 2.05) is 74.5 Å². The first kappa shape index (κ1) is 20.0. The van der Waals surface area contributed by atoms with Crippen molar-refractivity contribution in [2.24, 2.45) is 0 Å². The second-order valence-electron chi connectivity index (χ2n) is 6.75. The van der Waals surface area contributed by atoms with Crippen molar-refractivity contribution in [1.29, 1.82) is 0 Å². The number of carbonyl (C=O) groups excluding carboxylic acids is 1. The van der Waals surface area contributed by atoms with Gasteiger partial charge in [0.1, 0.15) is 5.75 Å². The summed E-state index contributed by atoms with van der Waals surface area (Å²) in [6.45, 7) is 5.80. The Morgan fingerprint density at radius 1 is 0.964 bits per heavy atom. The average Bonchev–Trinajstić information content (AvgIpc) is 2.71. The highest BCUT2D eigenvalue weighted by molar-refractivity contribution is 7.98. The maximum Gasteiger partial charge on any atom is 0.265 e. The zero-order chi connectivity index (χ0) is 19.9. The fourth-order valence-corrected chi connectivity index (χ4v) is 3.58. The molecule has 0 bridgehead atoms. The van der Waals surface area contributed by atoms with Gasteiger partial charge in [0.15, 0.2) is 6.10 Å². The van der Waals surface area contributed by atoms with Gasteiger partial charge in [-0.05, 0) is 67.8 Å². The average molecular weight is 392 g/mol. The number of ether oxygens (including phenoxy) is 1. The molecule has 3 aromatic rings. The van der Waals surface area contributed by atoms with Gasteiger partial charge in [0, 0.05) is 16.3 Å². The van der Waals surface area contributed by atoms with E-state index in [9.17, 15) is 4.79 Å². The zero-order valence-corrected chi connectivity index (χ0v) is 17.3. The molecular formula is C24H25NO2S. The Bertz CT molecular complexity index is 923. The molecule has 0 aliphatic rings. The lowest BCUT2D eigenvalue weighted by atomic mass is 10.1. The molecule has 1 atom stereocenters. The van der Waals surface area contributed by atoms with E-state index in [2.05, 4.69) is 17.4 Å². The molecule has 3 aromatic carbocycles. The van der Waals surface area contributed by atoms with Crippen molar-refractivity contribution in [2.45, 2.75) is 37.5 Å². The Morgan fingerprint density at radius 3 is 2.39 bits per heavy atom. The Morgan fingerprint density at radius 2 is 1.68 bits per heavy atom. The molecule has 0 saturated carbocycles.